The summed E-state index contributed by atoms with van der Waals surface area (Å²) < 4.78 is 14.1. The molecular formula is C37H34N4O5S. The number of aromatic nitrogens is 3. The second kappa shape index (κ2) is 12.8. The van der Waals surface area contributed by atoms with Crippen LogP contribution >= 0.6 is 11.3 Å². The molecule has 9 nitrogen and oxygen atoms in total. The molecule has 1 unspecified atom stereocenters. The van der Waals surface area contributed by atoms with Gasteiger partial charge in [0, 0.05) is 17.3 Å². The summed E-state index contributed by atoms with van der Waals surface area (Å²) in [6.07, 6.45) is 3.78. The zero-order valence-electron chi connectivity index (χ0n) is 27.0. The summed E-state index contributed by atoms with van der Waals surface area (Å²) in [7, 11) is 1.31. The smallest absolute Gasteiger partial charge is 0.338 e. The van der Waals surface area contributed by atoms with Crippen LogP contribution in [0.15, 0.2) is 94.0 Å². The Hall–Kier alpha value is -5.35. The van der Waals surface area contributed by atoms with E-state index in [1.54, 1.807) is 38.1 Å². The molecule has 0 radical (unpaired) electrons. The number of fused-ring (bicyclic) bond motifs is 1. The third-order valence-corrected chi connectivity index (χ3v) is 9.11. The molecule has 2 aromatic heterocycles. The second-order valence-corrected chi connectivity index (χ2v) is 12.4. The molecule has 1 atom stereocenters. The van der Waals surface area contributed by atoms with E-state index >= 15 is 0 Å². The zero-order chi connectivity index (χ0) is 33.4. The first-order valence-corrected chi connectivity index (χ1v) is 16.0. The molecule has 0 bridgehead atoms. The lowest BCUT2D eigenvalue weighted by molar-refractivity contribution is -0.139. The number of ether oxygens (including phenoxy) is 2. The van der Waals surface area contributed by atoms with E-state index in [4.69, 9.17) is 19.6 Å². The minimum atomic E-state index is -0.813. The molecule has 0 spiro atoms. The van der Waals surface area contributed by atoms with Crippen molar-refractivity contribution in [1.29, 1.82) is 0 Å². The van der Waals surface area contributed by atoms with Gasteiger partial charge in [0.25, 0.3) is 5.56 Å². The number of nitrogens with zero attached hydrogens (tertiary/aromatic N) is 4. The molecule has 5 aromatic rings. The minimum absolute atomic E-state index is 0.167. The second-order valence-electron chi connectivity index (χ2n) is 11.4. The Bertz CT molecular complexity index is 2220. The van der Waals surface area contributed by atoms with Crippen LogP contribution in [0.2, 0.25) is 0 Å². The third-order valence-electron chi connectivity index (χ3n) is 8.13. The van der Waals surface area contributed by atoms with Crippen LogP contribution in [0.25, 0.3) is 23.0 Å². The average Bonchev–Trinajstić information content (AvgIpc) is 3.60. The summed E-state index contributed by atoms with van der Waals surface area (Å²) in [5.74, 6) is -1.04. The highest BCUT2D eigenvalue weighted by Crippen LogP contribution is 2.33. The van der Waals surface area contributed by atoms with Gasteiger partial charge in [-0.1, -0.05) is 59.4 Å². The Morgan fingerprint density at radius 3 is 2.28 bits per heavy atom. The molecule has 238 valence electrons. The number of carbonyl (C=O) groups excluding carboxylic acids is 2. The number of carbonyl (C=O) groups is 2. The van der Waals surface area contributed by atoms with Crippen molar-refractivity contribution >= 4 is 29.4 Å². The van der Waals surface area contributed by atoms with Gasteiger partial charge >= 0.3 is 11.9 Å². The fraction of sp³-hybridized carbons (Fsp3) is 0.216. The van der Waals surface area contributed by atoms with Crippen molar-refractivity contribution in [2.45, 2.75) is 40.7 Å². The number of hydrogen-bond acceptors (Lipinski definition) is 8. The van der Waals surface area contributed by atoms with Crippen molar-refractivity contribution < 1.29 is 19.1 Å². The van der Waals surface area contributed by atoms with Gasteiger partial charge in [-0.25, -0.2) is 19.3 Å². The van der Waals surface area contributed by atoms with Crippen LogP contribution in [0.5, 0.6) is 0 Å². The van der Waals surface area contributed by atoms with Gasteiger partial charge in [-0.3, -0.25) is 9.36 Å². The predicted molar refractivity (Wildman–Crippen MR) is 181 cm³/mol. The standard InChI is InChI=1S/C37H34N4O5S/c1-7-46-36(44)31-24(5)38-37-41(33(31)25-13-15-26(16-14-25)35(43)45-6)34(42)29(47-37)19-27-20-40(28-11-9-8-10-12-28)39-32(27)30-22(3)17-21(2)18-23(30)4/h8-20,33H,7H2,1-6H3. The van der Waals surface area contributed by atoms with Gasteiger partial charge < -0.3 is 9.47 Å². The first-order chi connectivity index (χ1) is 22.6. The number of thiazole rings is 1. The predicted octanol–water partition coefficient (Wildman–Crippen LogP) is 5.36. The number of hydrogen-bond donors (Lipinski definition) is 0. The Balaban J connectivity index is 1.57. The van der Waals surface area contributed by atoms with E-state index in [-0.39, 0.29) is 17.7 Å². The van der Waals surface area contributed by atoms with Crippen LogP contribution in [0.4, 0.5) is 0 Å². The molecule has 0 aliphatic carbocycles. The van der Waals surface area contributed by atoms with Crippen molar-refractivity contribution in [3.8, 4) is 16.9 Å². The van der Waals surface area contributed by atoms with Crippen molar-refractivity contribution in [3.63, 3.8) is 0 Å². The van der Waals surface area contributed by atoms with E-state index in [1.165, 1.54) is 23.0 Å². The molecule has 1 aliphatic rings. The van der Waals surface area contributed by atoms with Gasteiger partial charge in [0.1, 0.15) is 5.69 Å². The molecule has 0 N–H and O–H groups in total. The minimum Gasteiger partial charge on any atom is -0.465 e. The summed E-state index contributed by atoms with van der Waals surface area (Å²) >= 11 is 1.25. The fourth-order valence-electron chi connectivity index (χ4n) is 6.12. The van der Waals surface area contributed by atoms with Crippen LogP contribution in [0, 0.1) is 20.8 Å². The van der Waals surface area contributed by atoms with E-state index < -0.39 is 18.0 Å². The van der Waals surface area contributed by atoms with Gasteiger partial charge in [0.2, 0.25) is 0 Å². The zero-order valence-corrected chi connectivity index (χ0v) is 27.8. The van der Waals surface area contributed by atoms with E-state index in [1.807, 2.05) is 47.3 Å². The highest BCUT2D eigenvalue weighted by atomic mass is 32.1. The maximum Gasteiger partial charge on any atom is 0.338 e. The van der Waals surface area contributed by atoms with Gasteiger partial charge in [0.05, 0.1) is 46.8 Å². The van der Waals surface area contributed by atoms with Crippen LogP contribution < -0.4 is 14.9 Å². The monoisotopic (exact) mass is 646 g/mol. The lowest BCUT2D eigenvalue weighted by Crippen LogP contribution is -2.40. The summed E-state index contributed by atoms with van der Waals surface area (Å²) in [4.78, 5) is 45.0. The topological polar surface area (TPSA) is 105 Å². The highest BCUT2D eigenvalue weighted by Gasteiger charge is 2.33. The maximum absolute atomic E-state index is 14.4. The van der Waals surface area contributed by atoms with Crippen LogP contribution in [0.3, 0.4) is 0 Å². The van der Waals surface area contributed by atoms with Gasteiger partial charge in [-0.2, -0.15) is 5.10 Å². The number of allylic oxidation sites excluding steroid dienone is 1. The molecular weight excluding hydrogens is 612 g/mol. The first-order valence-electron chi connectivity index (χ1n) is 15.2. The highest BCUT2D eigenvalue weighted by molar-refractivity contribution is 7.07. The quantitative estimate of drug-likeness (QED) is 0.221. The molecule has 1 aliphatic heterocycles. The Kier molecular flexibility index (Phi) is 8.62. The Morgan fingerprint density at radius 2 is 1.64 bits per heavy atom. The molecule has 47 heavy (non-hydrogen) atoms. The van der Waals surface area contributed by atoms with Gasteiger partial charge in [-0.15, -0.1) is 0 Å². The molecule has 0 saturated heterocycles. The maximum atomic E-state index is 14.4. The van der Waals surface area contributed by atoms with Crippen LogP contribution in [-0.4, -0.2) is 40.0 Å². The molecule has 3 heterocycles. The summed E-state index contributed by atoms with van der Waals surface area (Å²) in [6.45, 7) is 9.84. The van der Waals surface area contributed by atoms with Crippen molar-refractivity contribution in [1.82, 2.24) is 14.3 Å². The van der Waals surface area contributed by atoms with E-state index in [9.17, 15) is 14.4 Å². The van der Waals surface area contributed by atoms with Crippen molar-refractivity contribution in [2.24, 2.45) is 4.99 Å². The molecule has 0 saturated carbocycles. The first kappa shape index (κ1) is 31.6. The van der Waals surface area contributed by atoms with E-state index in [0.717, 1.165) is 39.2 Å². The molecule has 3 aromatic carbocycles. The van der Waals surface area contributed by atoms with Crippen LogP contribution in [0.1, 0.15) is 58.1 Å². The van der Waals surface area contributed by atoms with E-state index in [0.29, 0.717) is 26.2 Å². The number of para-hydroxylation sites is 1. The Morgan fingerprint density at radius 1 is 0.957 bits per heavy atom. The Labute approximate surface area is 275 Å². The normalized spacial score (nSPS) is 14.5. The summed E-state index contributed by atoms with van der Waals surface area (Å²) in [5.41, 5.74) is 8.16. The lowest BCUT2D eigenvalue weighted by atomic mass is 9.95. The summed E-state index contributed by atoms with van der Waals surface area (Å²) in [5, 5.41) is 5.02. The molecule has 10 heteroatoms. The molecule has 0 fully saturated rings. The lowest BCUT2D eigenvalue weighted by Gasteiger charge is -2.24. The number of esters is 2. The fourth-order valence-corrected chi connectivity index (χ4v) is 7.16. The van der Waals surface area contributed by atoms with Crippen molar-refractivity contribution in [2.75, 3.05) is 13.7 Å². The van der Waals surface area contributed by atoms with Crippen molar-refractivity contribution in [3.05, 3.63) is 137 Å². The average molecular weight is 647 g/mol. The third kappa shape index (κ3) is 5.88. The van der Waals surface area contributed by atoms with Gasteiger partial charge in [0.15, 0.2) is 4.80 Å². The van der Waals surface area contributed by atoms with Gasteiger partial charge in [-0.05, 0) is 81.7 Å². The molecule has 6 rings (SSSR count). The largest absolute Gasteiger partial charge is 0.465 e. The van der Waals surface area contributed by atoms with E-state index in [2.05, 4.69) is 32.9 Å². The number of benzene rings is 3. The number of aryl methyl sites for hydroxylation is 3. The number of methoxy groups -OCH3 is 1. The molecule has 0 amide bonds. The summed E-state index contributed by atoms with van der Waals surface area (Å²) in [6, 6.07) is 20.0. The van der Waals surface area contributed by atoms with Crippen LogP contribution in [-0.2, 0) is 14.3 Å². The number of rotatable bonds is 7. The SMILES string of the molecule is CCOC(=O)C1=C(C)N=c2sc(=Cc3cn(-c4ccccc4)nc3-c3c(C)cc(C)cc3C)c(=O)n2C1c1ccc(C(=O)OC)cc1.